The van der Waals surface area contributed by atoms with Crippen molar-refractivity contribution in [2.24, 2.45) is 4.99 Å². The van der Waals surface area contributed by atoms with Gasteiger partial charge in [-0.3, -0.25) is 4.99 Å². The van der Waals surface area contributed by atoms with Gasteiger partial charge in [0.15, 0.2) is 4.33 Å². The molecule has 19 heavy (non-hydrogen) atoms. The van der Waals surface area contributed by atoms with Crippen LogP contribution in [0.4, 0.5) is 0 Å². The molecule has 1 fully saturated rings. The Morgan fingerprint density at radius 3 is 2.21 bits per heavy atom. The first-order valence-corrected chi connectivity index (χ1v) is 7.82. The molecule has 1 aromatic carbocycles. The van der Waals surface area contributed by atoms with Crippen molar-refractivity contribution in [1.29, 1.82) is 0 Å². The highest BCUT2D eigenvalue weighted by atomic mass is 35.5. The Morgan fingerprint density at radius 2 is 1.68 bits per heavy atom. The van der Waals surface area contributed by atoms with E-state index in [9.17, 15) is 0 Å². The van der Waals surface area contributed by atoms with Crippen molar-refractivity contribution < 1.29 is 0 Å². The fraction of sp³-hybridized carbons (Fsp3) is 0.533. The largest absolute Gasteiger partial charge is 0.283 e. The first-order valence-electron chi connectivity index (χ1n) is 6.69. The maximum absolute atomic E-state index is 6.29. The van der Waals surface area contributed by atoms with Gasteiger partial charge in [0, 0.05) is 5.02 Å². The zero-order chi connectivity index (χ0) is 13.9. The SMILES string of the molecule is CC(Cl)(Cl)C(=NC1CCCCC1)c1ccc(Cl)cc1. The van der Waals surface area contributed by atoms with E-state index in [1.807, 2.05) is 24.3 Å². The first kappa shape index (κ1) is 15.2. The summed E-state index contributed by atoms with van der Waals surface area (Å²) in [5, 5.41) is 0.701. The minimum Gasteiger partial charge on any atom is -0.283 e. The van der Waals surface area contributed by atoms with Crippen molar-refractivity contribution in [3.05, 3.63) is 34.9 Å². The van der Waals surface area contributed by atoms with Gasteiger partial charge in [0.05, 0.1) is 11.8 Å². The van der Waals surface area contributed by atoms with E-state index in [1.165, 1.54) is 19.3 Å². The molecule has 0 heterocycles. The summed E-state index contributed by atoms with van der Waals surface area (Å²) in [6.07, 6.45) is 6.04. The Bertz CT molecular complexity index is 439. The third kappa shape index (κ3) is 4.37. The third-order valence-corrected chi connectivity index (χ3v) is 4.03. The Kier molecular flexibility index (Phi) is 5.16. The summed E-state index contributed by atoms with van der Waals surface area (Å²) in [6, 6.07) is 7.87. The molecule has 1 nitrogen and oxygen atoms in total. The summed E-state index contributed by atoms with van der Waals surface area (Å²) in [5.74, 6) is 0. The second-order valence-corrected chi connectivity index (χ2v) is 7.31. The monoisotopic (exact) mass is 317 g/mol. The standard InChI is InChI=1S/C15H18Cl3N/c1-15(17,18)14(11-7-9-12(16)10-8-11)19-13-5-3-2-4-6-13/h7-10,13H,2-6H2,1H3. The van der Waals surface area contributed by atoms with Gasteiger partial charge in [0.1, 0.15) is 0 Å². The summed E-state index contributed by atoms with van der Waals surface area (Å²) in [7, 11) is 0. The number of hydrogen-bond donors (Lipinski definition) is 0. The summed E-state index contributed by atoms with van der Waals surface area (Å²) in [4.78, 5) is 4.82. The van der Waals surface area contributed by atoms with Gasteiger partial charge in [-0.2, -0.15) is 0 Å². The van der Waals surface area contributed by atoms with Gasteiger partial charge in [-0.25, -0.2) is 0 Å². The molecule has 0 amide bonds. The fourth-order valence-electron chi connectivity index (χ4n) is 2.44. The molecule has 1 aliphatic carbocycles. The summed E-state index contributed by atoms with van der Waals surface area (Å²) in [5.41, 5.74) is 1.70. The number of halogens is 3. The quantitative estimate of drug-likeness (QED) is 0.504. The molecule has 0 aromatic heterocycles. The summed E-state index contributed by atoms with van der Waals surface area (Å²) in [6.45, 7) is 1.77. The average Bonchev–Trinajstić information content (AvgIpc) is 2.37. The van der Waals surface area contributed by atoms with E-state index >= 15 is 0 Å². The smallest absolute Gasteiger partial charge is 0.157 e. The Labute approximate surface area is 130 Å². The zero-order valence-corrected chi connectivity index (χ0v) is 13.3. The van der Waals surface area contributed by atoms with Crippen LogP contribution in [0.25, 0.3) is 0 Å². The molecule has 0 saturated heterocycles. The van der Waals surface area contributed by atoms with E-state index in [2.05, 4.69) is 0 Å². The molecule has 0 atom stereocenters. The van der Waals surface area contributed by atoms with Gasteiger partial charge in [0.2, 0.25) is 0 Å². The Hall–Kier alpha value is -0.240. The molecule has 0 bridgehead atoms. The average molecular weight is 319 g/mol. The molecule has 0 unspecified atom stereocenters. The molecular formula is C15H18Cl3N. The maximum atomic E-state index is 6.29. The lowest BCUT2D eigenvalue weighted by Gasteiger charge is -2.23. The number of benzene rings is 1. The molecule has 0 radical (unpaired) electrons. The van der Waals surface area contributed by atoms with Crippen LogP contribution in [0.15, 0.2) is 29.3 Å². The lowest BCUT2D eigenvalue weighted by molar-refractivity contribution is 0.443. The van der Waals surface area contributed by atoms with Crippen LogP contribution in [0, 0.1) is 0 Å². The van der Waals surface area contributed by atoms with Crippen LogP contribution in [0.1, 0.15) is 44.6 Å². The first-order chi connectivity index (χ1) is 8.97. The van der Waals surface area contributed by atoms with Gasteiger partial charge in [0.25, 0.3) is 0 Å². The van der Waals surface area contributed by atoms with Gasteiger partial charge in [-0.15, -0.1) is 0 Å². The van der Waals surface area contributed by atoms with Crippen molar-refractivity contribution >= 4 is 40.5 Å². The molecule has 0 aliphatic heterocycles. The van der Waals surface area contributed by atoms with Crippen LogP contribution in [-0.2, 0) is 0 Å². The highest BCUT2D eigenvalue weighted by Gasteiger charge is 2.27. The fourth-order valence-corrected chi connectivity index (χ4v) is 2.88. The van der Waals surface area contributed by atoms with Crippen LogP contribution in [-0.4, -0.2) is 16.1 Å². The number of rotatable bonds is 3. The van der Waals surface area contributed by atoms with Crippen LogP contribution in [0.3, 0.4) is 0 Å². The Morgan fingerprint density at radius 1 is 1.11 bits per heavy atom. The molecular weight excluding hydrogens is 301 g/mol. The van der Waals surface area contributed by atoms with Gasteiger partial charge in [-0.1, -0.05) is 66.2 Å². The van der Waals surface area contributed by atoms with Crippen molar-refractivity contribution in [2.45, 2.75) is 49.4 Å². The van der Waals surface area contributed by atoms with E-state index < -0.39 is 4.33 Å². The van der Waals surface area contributed by atoms with Gasteiger partial charge in [-0.05, 0) is 37.5 Å². The van der Waals surface area contributed by atoms with Crippen LogP contribution >= 0.6 is 34.8 Å². The normalized spacial score (nSPS) is 18.6. The minimum absolute atomic E-state index is 0.344. The molecule has 1 aromatic rings. The van der Waals surface area contributed by atoms with Crippen molar-refractivity contribution in [3.8, 4) is 0 Å². The topological polar surface area (TPSA) is 12.4 Å². The molecule has 4 heteroatoms. The molecule has 1 saturated carbocycles. The van der Waals surface area contributed by atoms with E-state index in [0.29, 0.717) is 11.1 Å². The van der Waals surface area contributed by atoms with E-state index in [1.54, 1.807) is 6.92 Å². The van der Waals surface area contributed by atoms with Crippen molar-refractivity contribution in [1.82, 2.24) is 0 Å². The van der Waals surface area contributed by atoms with Gasteiger partial charge >= 0.3 is 0 Å². The van der Waals surface area contributed by atoms with Crippen molar-refractivity contribution in [2.75, 3.05) is 0 Å². The predicted molar refractivity (Wildman–Crippen MR) is 85.0 cm³/mol. The van der Waals surface area contributed by atoms with E-state index in [-0.39, 0.29) is 0 Å². The third-order valence-electron chi connectivity index (χ3n) is 3.42. The maximum Gasteiger partial charge on any atom is 0.157 e. The molecule has 0 spiro atoms. The Balaban J connectivity index is 2.30. The predicted octanol–water partition coefficient (Wildman–Crippen LogP) is 5.66. The second kappa shape index (κ2) is 6.47. The summed E-state index contributed by atoms with van der Waals surface area (Å²) >= 11 is 18.5. The van der Waals surface area contributed by atoms with Crippen LogP contribution in [0.2, 0.25) is 5.02 Å². The highest BCUT2D eigenvalue weighted by Crippen LogP contribution is 2.29. The van der Waals surface area contributed by atoms with Crippen LogP contribution < -0.4 is 0 Å². The minimum atomic E-state index is -0.981. The number of nitrogens with zero attached hydrogens (tertiary/aromatic N) is 1. The second-order valence-electron chi connectivity index (χ2n) is 5.16. The molecule has 104 valence electrons. The lowest BCUT2D eigenvalue weighted by atomic mass is 9.95. The molecule has 1 aliphatic rings. The summed E-state index contributed by atoms with van der Waals surface area (Å²) < 4.78 is -0.981. The van der Waals surface area contributed by atoms with Crippen LogP contribution in [0.5, 0.6) is 0 Å². The van der Waals surface area contributed by atoms with E-state index in [0.717, 1.165) is 24.1 Å². The number of aliphatic imine (C=N–C) groups is 1. The lowest BCUT2D eigenvalue weighted by Crippen LogP contribution is -2.26. The molecule has 2 rings (SSSR count). The molecule has 0 N–H and O–H groups in total. The van der Waals surface area contributed by atoms with Crippen molar-refractivity contribution in [3.63, 3.8) is 0 Å². The zero-order valence-electron chi connectivity index (χ0n) is 11.0. The number of hydrogen-bond acceptors (Lipinski definition) is 1. The number of alkyl halides is 2. The van der Waals surface area contributed by atoms with E-state index in [4.69, 9.17) is 39.8 Å². The van der Waals surface area contributed by atoms with Gasteiger partial charge < -0.3 is 0 Å². The highest BCUT2D eigenvalue weighted by molar-refractivity contribution is 6.60.